The predicted molar refractivity (Wildman–Crippen MR) is 134 cm³/mol. The maximum atomic E-state index is 14.2. The molecule has 35 heavy (non-hydrogen) atoms. The molecule has 178 valence electrons. The second-order valence-electron chi connectivity index (χ2n) is 9.00. The summed E-state index contributed by atoms with van der Waals surface area (Å²) in [7, 11) is 0. The molecule has 0 saturated carbocycles. The molecule has 2 aliphatic heterocycles. The van der Waals surface area contributed by atoms with Gasteiger partial charge in [-0.15, -0.1) is 0 Å². The number of carbonyl (C=O) groups excluding carboxylic acids is 1. The first-order chi connectivity index (χ1) is 16.8. The van der Waals surface area contributed by atoms with E-state index in [9.17, 15) is 20.0 Å². The van der Waals surface area contributed by atoms with Gasteiger partial charge in [-0.3, -0.25) is 14.9 Å². The quantitative estimate of drug-likeness (QED) is 0.313. The Hall–Kier alpha value is -4.04. The second-order valence-corrected chi connectivity index (χ2v) is 9.00. The van der Waals surface area contributed by atoms with Gasteiger partial charge in [-0.25, -0.2) is 4.99 Å². The molecule has 0 radical (unpaired) electrons. The summed E-state index contributed by atoms with van der Waals surface area (Å²) in [6.07, 6.45) is 1.70. The number of carbonyl (C=O) groups is 1. The summed E-state index contributed by atoms with van der Waals surface area (Å²) in [5.41, 5.74) is -0.481. The smallest absolute Gasteiger partial charge is 0.270 e. The van der Waals surface area contributed by atoms with Crippen LogP contribution in [0.5, 0.6) is 0 Å². The van der Waals surface area contributed by atoms with E-state index in [1.807, 2.05) is 49.4 Å². The zero-order valence-corrected chi connectivity index (χ0v) is 19.6. The van der Waals surface area contributed by atoms with Crippen molar-refractivity contribution in [3.63, 3.8) is 0 Å². The molecule has 0 bridgehead atoms. The lowest BCUT2D eigenvalue weighted by Gasteiger charge is -2.48. The summed E-state index contributed by atoms with van der Waals surface area (Å²) < 4.78 is 0. The highest BCUT2D eigenvalue weighted by Gasteiger charge is 2.67. The fourth-order valence-corrected chi connectivity index (χ4v) is 5.27. The van der Waals surface area contributed by atoms with Gasteiger partial charge in [-0.2, -0.15) is 0 Å². The molecule has 0 fully saturated rings. The molecule has 3 aromatic rings. The molecule has 0 aromatic heterocycles. The number of rotatable bonds is 6. The van der Waals surface area contributed by atoms with Gasteiger partial charge in [0.15, 0.2) is 5.54 Å². The van der Waals surface area contributed by atoms with Crippen LogP contribution in [0.3, 0.4) is 0 Å². The maximum Gasteiger partial charge on any atom is 0.270 e. The van der Waals surface area contributed by atoms with Crippen molar-refractivity contribution < 1.29 is 14.8 Å². The SMILES string of the molecule is CCCCNC(=O)C12c3ccccc3N=C(c3cccc([N+](=O)[O-])c3)N1c1ccccc1C2(C)O. The molecule has 2 atom stereocenters. The Kier molecular flexibility index (Phi) is 5.40. The van der Waals surface area contributed by atoms with Crippen LogP contribution < -0.4 is 10.2 Å². The summed E-state index contributed by atoms with van der Waals surface area (Å²) in [5.74, 6) is 0.0145. The minimum absolute atomic E-state index is 0.0821. The summed E-state index contributed by atoms with van der Waals surface area (Å²) >= 11 is 0. The van der Waals surface area contributed by atoms with Crippen LogP contribution in [0, 0.1) is 10.1 Å². The Morgan fingerprint density at radius 2 is 1.80 bits per heavy atom. The monoisotopic (exact) mass is 470 g/mol. The van der Waals surface area contributed by atoms with Crippen LogP contribution in [0.4, 0.5) is 17.1 Å². The third kappa shape index (κ3) is 3.17. The van der Waals surface area contributed by atoms with Gasteiger partial charge in [0.05, 0.1) is 16.3 Å². The van der Waals surface area contributed by atoms with Crippen molar-refractivity contribution in [3.8, 4) is 0 Å². The van der Waals surface area contributed by atoms with Crippen LogP contribution in [0.15, 0.2) is 77.8 Å². The first-order valence-electron chi connectivity index (χ1n) is 11.7. The van der Waals surface area contributed by atoms with Crippen molar-refractivity contribution in [3.05, 3.63) is 99.6 Å². The van der Waals surface area contributed by atoms with Gasteiger partial charge in [0, 0.05) is 35.4 Å². The fourth-order valence-electron chi connectivity index (χ4n) is 5.27. The number of non-ortho nitro benzene ring substituents is 1. The lowest BCUT2D eigenvalue weighted by Crippen LogP contribution is -2.65. The standard InChI is InChI=1S/C27H26N4O4/c1-3-4-16-28-25(32)27-20-12-5-7-14-22(20)29-24(18-10-9-11-19(17-18)31(34)35)30(27)23-15-8-6-13-21(23)26(27,2)33/h5-15,17,33H,3-4,16H2,1-2H3,(H,28,32). The van der Waals surface area contributed by atoms with Crippen molar-refractivity contribution >= 4 is 28.8 Å². The zero-order valence-electron chi connectivity index (χ0n) is 19.6. The minimum Gasteiger partial charge on any atom is -0.382 e. The molecule has 0 saturated heterocycles. The van der Waals surface area contributed by atoms with Crippen molar-refractivity contribution in [1.82, 2.24) is 5.32 Å². The van der Waals surface area contributed by atoms with Gasteiger partial charge >= 0.3 is 0 Å². The highest BCUT2D eigenvalue weighted by atomic mass is 16.6. The van der Waals surface area contributed by atoms with Gasteiger partial charge in [0.25, 0.3) is 11.6 Å². The van der Waals surface area contributed by atoms with Crippen molar-refractivity contribution in [2.75, 3.05) is 11.4 Å². The van der Waals surface area contributed by atoms with E-state index in [2.05, 4.69) is 5.32 Å². The molecule has 2 unspecified atom stereocenters. The number of hydrogen-bond donors (Lipinski definition) is 2. The van der Waals surface area contributed by atoms with Crippen molar-refractivity contribution in [2.24, 2.45) is 4.99 Å². The van der Waals surface area contributed by atoms with E-state index in [-0.39, 0.29) is 11.6 Å². The molecule has 2 N–H and O–H groups in total. The number of nitrogens with zero attached hydrogens (tertiary/aromatic N) is 3. The third-order valence-corrected chi connectivity index (χ3v) is 6.90. The number of fused-ring (bicyclic) bond motifs is 5. The zero-order chi connectivity index (χ0) is 24.8. The Morgan fingerprint density at radius 1 is 1.09 bits per heavy atom. The van der Waals surface area contributed by atoms with Crippen LogP contribution in [-0.2, 0) is 15.9 Å². The number of nitro benzene ring substituents is 1. The predicted octanol–water partition coefficient (Wildman–Crippen LogP) is 4.53. The van der Waals surface area contributed by atoms with E-state index in [1.165, 1.54) is 12.1 Å². The Labute approximate surface area is 203 Å². The molecule has 2 heterocycles. The van der Waals surface area contributed by atoms with Gasteiger partial charge in [-0.1, -0.05) is 61.9 Å². The van der Waals surface area contributed by atoms with E-state index in [1.54, 1.807) is 30.0 Å². The van der Waals surface area contributed by atoms with Crippen LogP contribution in [0.1, 0.15) is 43.4 Å². The summed E-state index contributed by atoms with van der Waals surface area (Å²) in [6.45, 7) is 4.16. The molecule has 1 amide bonds. The molecule has 8 heteroatoms. The molecule has 2 aliphatic rings. The fraction of sp³-hybridized carbons (Fsp3) is 0.259. The van der Waals surface area contributed by atoms with Gasteiger partial charge in [0.2, 0.25) is 0 Å². The van der Waals surface area contributed by atoms with E-state index in [0.717, 1.165) is 12.8 Å². The molecule has 0 aliphatic carbocycles. The van der Waals surface area contributed by atoms with E-state index in [0.29, 0.717) is 40.4 Å². The summed E-state index contributed by atoms with van der Waals surface area (Å²) in [6, 6.07) is 20.8. The van der Waals surface area contributed by atoms with Gasteiger partial charge in [0.1, 0.15) is 11.4 Å². The Balaban J connectivity index is 1.83. The number of aliphatic hydroxyl groups is 1. The topological polar surface area (TPSA) is 108 Å². The number of unbranched alkanes of at least 4 members (excludes halogenated alkanes) is 1. The molecule has 3 aromatic carbocycles. The maximum absolute atomic E-state index is 14.2. The number of hydrogen-bond acceptors (Lipinski definition) is 6. The number of anilines is 1. The van der Waals surface area contributed by atoms with Gasteiger partial charge < -0.3 is 15.3 Å². The van der Waals surface area contributed by atoms with Crippen LogP contribution in [0.2, 0.25) is 0 Å². The third-order valence-electron chi connectivity index (χ3n) is 6.90. The lowest BCUT2D eigenvalue weighted by molar-refractivity contribution is -0.384. The van der Waals surface area contributed by atoms with E-state index < -0.39 is 16.1 Å². The van der Waals surface area contributed by atoms with Crippen molar-refractivity contribution in [1.29, 1.82) is 0 Å². The first kappa shape index (κ1) is 22.7. The average molecular weight is 471 g/mol. The normalized spacial score (nSPS) is 22.0. The van der Waals surface area contributed by atoms with Gasteiger partial charge in [-0.05, 0) is 25.5 Å². The molecule has 0 spiro atoms. The summed E-state index contributed by atoms with van der Waals surface area (Å²) in [5, 5.41) is 26.8. The highest BCUT2D eigenvalue weighted by molar-refractivity contribution is 6.20. The van der Waals surface area contributed by atoms with E-state index in [4.69, 9.17) is 4.99 Å². The number of aliphatic imine (C=N–C) groups is 1. The molecular formula is C27H26N4O4. The number of para-hydroxylation sites is 2. The highest BCUT2D eigenvalue weighted by Crippen LogP contribution is 2.59. The lowest BCUT2D eigenvalue weighted by atomic mass is 9.72. The first-order valence-corrected chi connectivity index (χ1v) is 11.7. The Morgan fingerprint density at radius 3 is 2.54 bits per heavy atom. The van der Waals surface area contributed by atoms with Crippen molar-refractivity contribution in [2.45, 2.75) is 37.8 Å². The molecule has 5 rings (SSSR count). The minimum atomic E-state index is -1.63. The van der Waals surface area contributed by atoms with Crippen LogP contribution in [-0.4, -0.2) is 28.3 Å². The largest absolute Gasteiger partial charge is 0.382 e. The number of nitro groups is 1. The number of nitrogens with one attached hydrogen (secondary N) is 1. The van der Waals surface area contributed by atoms with Crippen LogP contribution >= 0.6 is 0 Å². The number of amides is 1. The second kappa shape index (κ2) is 8.32. The Bertz CT molecular complexity index is 1370. The average Bonchev–Trinajstić information content (AvgIpc) is 3.09. The summed E-state index contributed by atoms with van der Waals surface area (Å²) in [4.78, 5) is 31.9. The van der Waals surface area contributed by atoms with E-state index >= 15 is 0 Å². The number of benzene rings is 3. The molecular weight excluding hydrogens is 444 g/mol. The van der Waals surface area contributed by atoms with Crippen LogP contribution in [0.25, 0.3) is 0 Å². The number of amidine groups is 1. The molecule has 8 nitrogen and oxygen atoms in total.